The summed E-state index contributed by atoms with van der Waals surface area (Å²) in [6.07, 6.45) is 1.59. The van der Waals surface area contributed by atoms with E-state index in [4.69, 9.17) is 5.26 Å². The van der Waals surface area contributed by atoms with Crippen LogP contribution in [0.15, 0.2) is 30.5 Å². The molecular formula is C11H9N5O2. The summed E-state index contributed by atoms with van der Waals surface area (Å²) in [5.74, 6) is 0. The molecule has 1 aromatic heterocycles. The molecule has 0 aliphatic carbocycles. The fraction of sp³-hybridized carbons (Fsp3) is 0.0909. The number of anilines is 1. The predicted molar refractivity (Wildman–Crippen MR) is 63.7 cm³/mol. The predicted octanol–water partition coefficient (Wildman–Crippen LogP) is 1.80. The van der Waals surface area contributed by atoms with Crippen molar-refractivity contribution in [2.24, 2.45) is 0 Å². The lowest BCUT2D eigenvalue weighted by Crippen LogP contribution is -2.03. The fourth-order valence-corrected chi connectivity index (χ4v) is 1.48. The maximum atomic E-state index is 10.8. The summed E-state index contributed by atoms with van der Waals surface area (Å²) in [5.41, 5.74) is 1.42. The van der Waals surface area contributed by atoms with Gasteiger partial charge in [-0.3, -0.25) is 15.2 Å². The average molecular weight is 243 g/mol. The van der Waals surface area contributed by atoms with E-state index < -0.39 is 4.92 Å². The van der Waals surface area contributed by atoms with Gasteiger partial charge in [0.15, 0.2) is 0 Å². The molecule has 1 heterocycles. The van der Waals surface area contributed by atoms with Crippen LogP contribution >= 0.6 is 0 Å². The van der Waals surface area contributed by atoms with Crippen LogP contribution in [0.3, 0.4) is 0 Å². The van der Waals surface area contributed by atoms with E-state index in [1.54, 1.807) is 12.3 Å². The van der Waals surface area contributed by atoms with E-state index in [0.717, 1.165) is 5.69 Å². The Morgan fingerprint density at radius 3 is 2.94 bits per heavy atom. The van der Waals surface area contributed by atoms with Crippen molar-refractivity contribution in [3.63, 3.8) is 0 Å². The van der Waals surface area contributed by atoms with E-state index in [-0.39, 0.29) is 5.69 Å². The van der Waals surface area contributed by atoms with Crippen LogP contribution < -0.4 is 5.32 Å². The highest BCUT2D eigenvalue weighted by molar-refractivity contribution is 5.64. The van der Waals surface area contributed by atoms with Gasteiger partial charge in [-0.05, 0) is 18.2 Å². The lowest BCUT2D eigenvalue weighted by molar-refractivity contribution is -0.384. The van der Waals surface area contributed by atoms with Gasteiger partial charge in [-0.1, -0.05) is 0 Å². The first-order valence-corrected chi connectivity index (χ1v) is 5.11. The van der Waals surface area contributed by atoms with Crippen molar-refractivity contribution in [1.29, 1.82) is 5.26 Å². The number of H-pyrrole nitrogens is 1. The minimum atomic E-state index is -0.490. The van der Waals surface area contributed by atoms with E-state index in [1.165, 1.54) is 18.2 Å². The van der Waals surface area contributed by atoms with Crippen molar-refractivity contribution in [3.8, 4) is 6.07 Å². The van der Waals surface area contributed by atoms with E-state index >= 15 is 0 Å². The minimum Gasteiger partial charge on any atom is -0.374 e. The maximum absolute atomic E-state index is 10.8. The summed E-state index contributed by atoms with van der Waals surface area (Å²) in [6.45, 7) is 0.371. The zero-order chi connectivity index (χ0) is 13.0. The smallest absolute Gasteiger partial charge is 0.292 e. The molecule has 1 aromatic carbocycles. The Bertz CT molecular complexity index is 600. The second kappa shape index (κ2) is 4.97. The quantitative estimate of drug-likeness (QED) is 0.628. The molecule has 0 spiro atoms. The molecular weight excluding hydrogens is 234 g/mol. The largest absolute Gasteiger partial charge is 0.374 e. The van der Waals surface area contributed by atoms with Crippen molar-refractivity contribution in [1.82, 2.24) is 10.2 Å². The Morgan fingerprint density at radius 1 is 1.50 bits per heavy atom. The summed E-state index contributed by atoms with van der Waals surface area (Å²) in [7, 11) is 0. The summed E-state index contributed by atoms with van der Waals surface area (Å²) in [4.78, 5) is 10.4. The average Bonchev–Trinajstić information content (AvgIpc) is 2.88. The number of rotatable bonds is 4. The third-order valence-electron chi connectivity index (χ3n) is 2.35. The molecule has 0 bridgehead atoms. The molecule has 0 saturated heterocycles. The number of nitrogens with one attached hydrogen (secondary N) is 2. The highest BCUT2D eigenvalue weighted by Crippen LogP contribution is 2.25. The van der Waals surface area contributed by atoms with Gasteiger partial charge in [-0.15, -0.1) is 0 Å². The number of hydrogen-bond acceptors (Lipinski definition) is 5. The van der Waals surface area contributed by atoms with Crippen molar-refractivity contribution in [2.75, 3.05) is 5.32 Å². The van der Waals surface area contributed by atoms with Crippen LogP contribution in [0.25, 0.3) is 0 Å². The molecule has 0 unspecified atom stereocenters. The molecule has 0 aliphatic heterocycles. The van der Waals surface area contributed by atoms with Crippen LogP contribution in [0.4, 0.5) is 11.4 Å². The molecule has 0 aliphatic rings. The van der Waals surface area contributed by atoms with E-state index in [1.807, 2.05) is 6.07 Å². The molecule has 7 nitrogen and oxygen atoms in total. The first-order chi connectivity index (χ1) is 8.70. The lowest BCUT2D eigenvalue weighted by atomic mass is 10.2. The number of hydrogen-bond donors (Lipinski definition) is 2. The van der Waals surface area contributed by atoms with E-state index in [0.29, 0.717) is 17.8 Å². The lowest BCUT2D eigenvalue weighted by Gasteiger charge is -2.05. The number of nitro benzene ring substituents is 1. The molecule has 0 saturated carbocycles. The van der Waals surface area contributed by atoms with Crippen molar-refractivity contribution in [2.45, 2.75) is 6.54 Å². The molecule has 18 heavy (non-hydrogen) atoms. The van der Waals surface area contributed by atoms with Crippen LogP contribution in [-0.2, 0) is 6.54 Å². The monoisotopic (exact) mass is 243 g/mol. The van der Waals surface area contributed by atoms with Crippen LogP contribution in [0.2, 0.25) is 0 Å². The Kier molecular flexibility index (Phi) is 3.20. The summed E-state index contributed by atoms with van der Waals surface area (Å²) in [5, 5.41) is 29.0. The minimum absolute atomic E-state index is 0.0616. The Labute approximate surface area is 102 Å². The van der Waals surface area contributed by atoms with E-state index in [9.17, 15) is 10.1 Å². The van der Waals surface area contributed by atoms with Crippen LogP contribution in [0.1, 0.15) is 11.3 Å². The first-order valence-electron chi connectivity index (χ1n) is 5.11. The zero-order valence-corrected chi connectivity index (χ0v) is 9.25. The molecule has 2 rings (SSSR count). The number of benzene rings is 1. The molecule has 2 N–H and O–H groups in total. The summed E-state index contributed by atoms with van der Waals surface area (Å²) >= 11 is 0. The second-order valence-electron chi connectivity index (χ2n) is 3.54. The molecule has 7 heteroatoms. The standard InChI is InChI=1S/C11H9N5O2/c12-6-8-1-2-11(16(17)18)10(5-8)13-7-9-3-4-14-15-9/h1-5,13H,7H2,(H,14,15). The van der Waals surface area contributed by atoms with Crippen LogP contribution in [-0.4, -0.2) is 15.1 Å². The Morgan fingerprint density at radius 2 is 2.33 bits per heavy atom. The summed E-state index contributed by atoms with van der Waals surface area (Å²) in [6, 6.07) is 7.88. The highest BCUT2D eigenvalue weighted by Gasteiger charge is 2.13. The Hall–Kier alpha value is -2.88. The topological polar surface area (TPSA) is 108 Å². The number of nitro groups is 1. The van der Waals surface area contributed by atoms with Gasteiger partial charge in [-0.25, -0.2) is 0 Å². The van der Waals surface area contributed by atoms with Crippen LogP contribution in [0.5, 0.6) is 0 Å². The molecule has 0 fully saturated rings. The molecule has 0 atom stereocenters. The number of nitriles is 1. The molecule has 0 amide bonds. The third kappa shape index (κ3) is 2.44. The Balaban J connectivity index is 2.24. The summed E-state index contributed by atoms with van der Waals surface area (Å²) < 4.78 is 0. The first kappa shape index (κ1) is 11.6. The molecule has 90 valence electrons. The number of aromatic nitrogens is 2. The molecule has 0 radical (unpaired) electrons. The number of aromatic amines is 1. The van der Waals surface area contributed by atoms with Gasteiger partial charge in [0.2, 0.25) is 0 Å². The zero-order valence-electron chi connectivity index (χ0n) is 9.25. The van der Waals surface area contributed by atoms with Gasteiger partial charge < -0.3 is 5.32 Å². The van der Waals surface area contributed by atoms with Gasteiger partial charge >= 0.3 is 0 Å². The SMILES string of the molecule is N#Cc1ccc([N+](=O)[O-])c(NCc2ccn[nH]2)c1. The number of nitrogens with zero attached hydrogens (tertiary/aromatic N) is 3. The second-order valence-corrected chi connectivity index (χ2v) is 3.54. The fourth-order valence-electron chi connectivity index (χ4n) is 1.48. The molecule has 2 aromatic rings. The van der Waals surface area contributed by atoms with Crippen molar-refractivity contribution < 1.29 is 4.92 Å². The van der Waals surface area contributed by atoms with Gasteiger partial charge in [0.05, 0.1) is 28.8 Å². The maximum Gasteiger partial charge on any atom is 0.292 e. The van der Waals surface area contributed by atoms with Crippen molar-refractivity contribution in [3.05, 3.63) is 51.8 Å². The highest BCUT2D eigenvalue weighted by atomic mass is 16.6. The van der Waals surface area contributed by atoms with Gasteiger partial charge in [0.25, 0.3) is 5.69 Å². The van der Waals surface area contributed by atoms with E-state index in [2.05, 4.69) is 15.5 Å². The van der Waals surface area contributed by atoms with Crippen LogP contribution in [0, 0.1) is 21.4 Å². The van der Waals surface area contributed by atoms with Gasteiger partial charge in [0.1, 0.15) is 5.69 Å². The normalized spacial score (nSPS) is 9.72. The third-order valence-corrected chi connectivity index (χ3v) is 2.35. The van der Waals surface area contributed by atoms with Crippen molar-refractivity contribution >= 4 is 11.4 Å². The van der Waals surface area contributed by atoms with Gasteiger partial charge in [0, 0.05) is 12.3 Å². The van der Waals surface area contributed by atoms with Gasteiger partial charge in [-0.2, -0.15) is 10.4 Å².